The summed E-state index contributed by atoms with van der Waals surface area (Å²) in [6.07, 6.45) is 7.02. The van der Waals surface area contributed by atoms with Crippen LogP contribution in [0.3, 0.4) is 0 Å². The van der Waals surface area contributed by atoms with E-state index in [2.05, 4.69) is 6.08 Å². The molecule has 102 valence electrons. The van der Waals surface area contributed by atoms with Gasteiger partial charge in [-0.15, -0.1) is 0 Å². The number of hydrogen-bond acceptors (Lipinski definition) is 3. The Balaban J connectivity index is 2.01. The minimum absolute atomic E-state index is 0.0969. The lowest BCUT2D eigenvalue weighted by Gasteiger charge is -2.47. The summed E-state index contributed by atoms with van der Waals surface area (Å²) in [6.45, 7) is 2.20. The van der Waals surface area contributed by atoms with Gasteiger partial charge >= 0.3 is 11.9 Å². The monoisotopic (exact) mass is 262 g/mol. The Bertz CT molecular complexity index is 502. The number of carboxylic acids is 1. The lowest BCUT2D eigenvalue weighted by Crippen LogP contribution is -2.45. The van der Waals surface area contributed by atoms with Crippen molar-refractivity contribution in [2.45, 2.75) is 32.6 Å². The number of carboxylic acid groups (broad SMARTS) is 1. The smallest absolute Gasteiger partial charge is 0.331 e. The standard InChI is InChI=1S/C15H18O4/c1-15(14(17)18)6-2-3-10-11-7-13(16)19-8-9(11)4-5-12(10)15/h4,7,10,12H,2-3,5-6,8H2,1H3,(H,17,18). The zero-order chi connectivity index (χ0) is 13.6. The van der Waals surface area contributed by atoms with Gasteiger partial charge in [0.2, 0.25) is 0 Å². The molecule has 2 aliphatic carbocycles. The first kappa shape index (κ1) is 12.5. The molecular formula is C15H18O4. The van der Waals surface area contributed by atoms with Gasteiger partial charge in [-0.3, -0.25) is 4.79 Å². The fraction of sp³-hybridized carbons (Fsp3) is 0.600. The molecule has 1 fully saturated rings. The van der Waals surface area contributed by atoms with Crippen LogP contribution in [0.15, 0.2) is 23.3 Å². The maximum atomic E-state index is 11.6. The van der Waals surface area contributed by atoms with Crippen molar-refractivity contribution < 1.29 is 19.4 Å². The van der Waals surface area contributed by atoms with Crippen LogP contribution in [-0.4, -0.2) is 23.7 Å². The van der Waals surface area contributed by atoms with E-state index in [0.29, 0.717) is 6.61 Å². The zero-order valence-corrected chi connectivity index (χ0v) is 11.0. The third-order valence-corrected chi connectivity index (χ3v) is 5.04. The van der Waals surface area contributed by atoms with E-state index in [1.54, 1.807) is 6.08 Å². The summed E-state index contributed by atoms with van der Waals surface area (Å²) in [5, 5.41) is 9.55. The molecule has 1 N–H and O–H groups in total. The minimum Gasteiger partial charge on any atom is -0.481 e. The fourth-order valence-electron chi connectivity index (χ4n) is 3.87. The van der Waals surface area contributed by atoms with Crippen LogP contribution in [0.2, 0.25) is 0 Å². The van der Waals surface area contributed by atoms with Gasteiger partial charge in [-0.25, -0.2) is 4.79 Å². The van der Waals surface area contributed by atoms with E-state index in [0.717, 1.165) is 36.8 Å². The predicted octanol–water partition coefficient (Wildman–Crippen LogP) is 2.31. The van der Waals surface area contributed by atoms with E-state index in [9.17, 15) is 14.7 Å². The molecule has 4 heteroatoms. The van der Waals surface area contributed by atoms with Crippen molar-refractivity contribution in [3.8, 4) is 0 Å². The number of fused-ring (bicyclic) bond motifs is 3. The molecule has 4 nitrogen and oxygen atoms in total. The number of cyclic esters (lactones) is 1. The Hall–Kier alpha value is -1.58. The number of esters is 1. The number of carbonyl (C=O) groups is 2. The molecule has 0 aromatic carbocycles. The quantitative estimate of drug-likeness (QED) is 0.736. The molecule has 19 heavy (non-hydrogen) atoms. The van der Waals surface area contributed by atoms with E-state index >= 15 is 0 Å². The Labute approximate surface area is 112 Å². The Morgan fingerprint density at radius 1 is 1.53 bits per heavy atom. The van der Waals surface area contributed by atoms with Crippen molar-refractivity contribution in [2.24, 2.45) is 17.3 Å². The van der Waals surface area contributed by atoms with Crippen molar-refractivity contribution >= 4 is 11.9 Å². The van der Waals surface area contributed by atoms with Crippen LogP contribution in [0.1, 0.15) is 32.6 Å². The van der Waals surface area contributed by atoms with Gasteiger partial charge in [0, 0.05) is 6.08 Å². The number of rotatable bonds is 1. The summed E-state index contributed by atoms with van der Waals surface area (Å²) in [4.78, 5) is 23.1. The summed E-state index contributed by atoms with van der Waals surface area (Å²) in [5.41, 5.74) is 1.43. The molecule has 0 spiro atoms. The molecule has 1 aliphatic heterocycles. The van der Waals surface area contributed by atoms with Crippen LogP contribution >= 0.6 is 0 Å². The first-order valence-electron chi connectivity index (χ1n) is 6.83. The SMILES string of the molecule is CC1(C(=O)O)CCCC2C3=CC(=O)OCC3=CCC21. The second kappa shape index (κ2) is 4.22. The third-order valence-electron chi connectivity index (χ3n) is 5.04. The van der Waals surface area contributed by atoms with Gasteiger partial charge in [0.05, 0.1) is 5.41 Å². The number of aliphatic carboxylic acids is 1. The van der Waals surface area contributed by atoms with Crippen molar-refractivity contribution in [3.05, 3.63) is 23.3 Å². The van der Waals surface area contributed by atoms with Crippen LogP contribution in [-0.2, 0) is 14.3 Å². The van der Waals surface area contributed by atoms with Crippen LogP contribution in [0, 0.1) is 17.3 Å². The van der Waals surface area contributed by atoms with E-state index in [-0.39, 0.29) is 17.8 Å². The normalized spacial score (nSPS) is 37.4. The summed E-state index contributed by atoms with van der Waals surface area (Å²) < 4.78 is 5.03. The molecule has 0 aromatic rings. The lowest BCUT2D eigenvalue weighted by atomic mass is 9.57. The average Bonchev–Trinajstić information content (AvgIpc) is 2.38. The molecule has 0 radical (unpaired) electrons. The Kier molecular flexibility index (Phi) is 2.77. The second-order valence-electron chi connectivity index (χ2n) is 6.00. The van der Waals surface area contributed by atoms with E-state index in [1.165, 1.54) is 0 Å². The largest absolute Gasteiger partial charge is 0.481 e. The maximum absolute atomic E-state index is 11.6. The molecule has 1 saturated carbocycles. The van der Waals surface area contributed by atoms with Gasteiger partial charge < -0.3 is 9.84 Å². The average molecular weight is 262 g/mol. The second-order valence-corrected chi connectivity index (χ2v) is 6.00. The lowest BCUT2D eigenvalue weighted by molar-refractivity contribution is -0.155. The van der Waals surface area contributed by atoms with Crippen molar-refractivity contribution in [1.82, 2.24) is 0 Å². The van der Waals surface area contributed by atoms with Crippen LogP contribution in [0.5, 0.6) is 0 Å². The van der Waals surface area contributed by atoms with Gasteiger partial charge in [0.15, 0.2) is 0 Å². The topological polar surface area (TPSA) is 63.6 Å². The van der Waals surface area contributed by atoms with Gasteiger partial charge in [0.25, 0.3) is 0 Å². The molecular weight excluding hydrogens is 244 g/mol. The molecule has 0 saturated heterocycles. The van der Waals surface area contributed by atoms with E-state index in [4.69, 9.17) is 4.74 Å². The number of ether oxygens (including phenoxy) is 1. The van der Waals surface area contributed by atoms with Crippen molar-refractivity contribution in [2.75, 3.05) is 6.61 Å². The minimum atomic E-state index is -0.710. The third kappa shape index (κ3) is 1.81. The van der Waals surface area contributed by atoms with E-state index in [1.807, 2.05) is 6.92 Å². The predicted molar refractivity (Wildman–Crippen MR) is 68.3 cm³/mol. The van der Waals surface area contributed by atoms with Gasteiger partial charge in [0.1, 0.15) is 6.61 Å². The molecule has 0 amide bonds. The fourth-order valence-corrected chi connectivity index (χ4v) is 3.87. The van der Waals surface area contributed by atoms with E-state index < -0.39 is 11.4 Å². The Morgan fingerprint density at radius 2 is 2.32 bits per heavy atom. The highest BCUT2D eigenvalue weighted by atomic mass is 16.5. The van der Waals surface area contributed by atoms with Crippen molar-refractivity contribution in [3.63, 3.8) is 0 Å². The first-order chi connectivity index (χ1) is 9.02. The van der Waals surface area contributed by atoms with Gasteiger partial charge in [-0.2, -0.15) is 0 Å². The van der Waals surface area contributed by atoms with Crippen LogP contribution in [0.4, 0.5) is 0 Å². The van der Waals surface area contributed by atoms with Gasteiger partial charge in [-0.05, 0) is 49.2 Å². The molecule has 3 aliphatic rings. The summed E-state index contributed by atoms with van der Waals surface area (Å²) in [6, 6.07) is 0. The summed E-state index contributed by atoms with van der Waals surface area (Å²) >= 11 is 0. The molecule has 0 aromatic heterocycles. The number of allylic oxidation sites excluding steroid dienone is 1. The maximum Gasteiger partial charge on any atom is 0.331 e. The van der Waals surface area contributed by atoms with Crippen LogP contribution in [0.25, 0.3) is 0 Å². The molecule has 3 unspecified atom stereocenters. The number of carbonyl (C=O) groups excluding carboxylic acids is 1. The molecule has 0 bridgehead atoms. The highest BCUT2D eigenvalue weighted by Crippen LogP contribution is 2.52. The highest BCUT2D eigenvalue weighted by molar-refractivity contribution is 5.86. The highest BCUT2D eigenvalue weighted by Gasteiger charge is 2.50. The Morgan fingerprint density at radius 3 is 3.05 bits per heavy atom. The zero-order valence-electron chi connectivity index (χ0n) is 11.0. The molecule has 3 atom stereocenters. The van der Waals surface area contributed by atoms with Crippen molar-refractivity contribution in [1.29, 1.82) is 0 Å². The number of hydrogen-bond donors (Lipinski definition) is 1. The first-order valence-corrected chi connectivity index (χ1v) is 6.83. The summed E-state index contributed by atoms with van der Waals surface area (Å²) in [7, 11) is 0. The summed E-state index contributed by atoms with van der Waals surface area (Å²) in [5.74, 6) is -0.712. The molecule has 3 rings (SSSR count). The van der Waals surface area contributed by atoms with Gasteiger partial charge in [-0.1, -0.05) is 12.5 Å². The molecule has 1 heterocycles. The van der Waals surface area contributed by atoms with Crippen LogP contribution < -0.4 is 0 Å².